The molecule has 26 heavy (non-hydrogen) atoms. The van der Waals surface area contributed by atoms with Crippen LogP contribution in [0.4, 0.5) is 10.5 Å². The van der Waals surface area contributed by atoms with Gasteiger partial charge in [0.25, 0.3) is 0 Å². The summed E-state index contributed by atoms with van der Waals surface area (Å²) < 4.78 is 0. The second-order valence-electron chi connectivity index (χ2n) is 5.85. The Hall–Kier alpha value is -2.82. The number of hydrogen-bond acceptors (Lipinski definition) is 2. The number of benzene rings is 3. The Morgan fingerprint density at radius 2 is 1.35 bits per heavy atom. The number of aliphatic hydroxyl groups is 1. The first-order chi connectivity index (χ1) is 12.6. The Bertz CT molecular complexity index is 839. The maximum Gasteiger partial charge on any atom is 0.319 e. The van der Waals surface area contributed by atoms with Gasteiger partial charge in [-0.15, -0.1) is 0 Å². The van der Waals surface area contributed by atoms with Crippen LogP contribution in [0.15, 0.2) is 84.9 Å². The average Bonchev–Trinajstić information content (AvgIpc) is 2.69. The summed E-state index contributed by atoms with van der Waals surface area (Å²) in [6, 6.07) is 24.5. The predicted molar refractivity (Wildman–Crippen MR) is 104 cm³/mol. The molecule has 3 aromatic rings. The second-order valence-corrected chi connectivity index (χ2v) is 6.29. The Labute approximate surface area is 157 Å². The first-order valence-corrected chi connectivity index (χ1v) is 8.62. The number of aliphatic hydroxyl groups excluding tert-OH is 1. The highest BCUT2D eigenvalue weighted by atomic mass is 35.5. The minimum atomic E-state index is -0.880. The van der Waals surface area contributed by atoms with Gasteiger partial charge in [0.2, 0.25) is 0 Å². The first-order valence-electron chi connectivity index (χ1n) is 8.24. The number of rotatable bonds is 5. The molecule has 4 nitrogen and oxygen atoms in total. The molecule has 0 saturated carbocycles. The molecule has 0 unspecified atom stereocenters. The van der Waals surface area contributed by atoms with Crippen molar-refractivity contribution in [2.75, 3.05) is 5.32 Å². The highest BCUT2D eigenvalue weighted by molar-refractivity contribution is 6.30. The van der Waals surface area contributed by atoms with Crippen LogP contribution >= 0.6 is 11.6 Å². The fourth-order valence-corrected chi connectivity index (χ4v) is 2.82. The Kier molecular flexibility index (Phi) is 5.89. The van der Waals surface area contributed by atoms with Crippen LogP contribution in [0.3, 0.4) is 0 Å². The second kappa shape index (κ2) is 8.52. The molecule has 0 aromatic heterocycles. The Balaban J connectivity index is 1.79. The molecule has 0 aliphatic heterocycles. The van der Waals surface area contributed by atoms with Gasteiger partial charge >= 0.3 is 6.03 Å². The number of halogens is 1. The molecule has 0 saturated heterocycles. The molecule has 0 fully saturated rings. The normalized spacial score (nSPS) is 12.8. The SMILES string of the molecule is O=C(Nc1ccc(Cl)cc1)N[C@@H](c1ccccc1)[C@H](O)c1ccccc1. The van der Waals surface area contributed by atoms with Gasteiger partial charge in [0.05, 0.1) is 6.04 Å². The third-order valence-corrected chi connectivity index (χ3v) is 4.26. The van der Waals surface area contributed by atoms with Gasteiger partial charge in [-0.2, -0.15) is 0 Å². The number of nitrogens with one attached hydrogen (secondary N) is 2. The Morgan fingerprint density at radius 3 is 1.92 bits per heavy atom. The van der Waals surface area contributed by atoms with Crippen LogP contribution in [-0.4, -0.2) is 11.1 Å². The van der Waals surface area contributed by atoms with Crippen molar-refractivity contribution in [2.24, 2.45) is 0 Å². The maximum atomic E-state index is 12.5. The number of amides is 2. The zero-order valence-corrected chi connectivity index (χ0v) is 14.7. The highest BCUT2D eigenvalue weighted by Gasteiger charge is 2.24. The lowest BCUT2D eigenvalue weighted by molar-refractivity contribution is 0.132. The molecule has 0 aliphatic rings. The fourth-order valence-electron chi connectivity index (χ4n) is 2.69. The lowest BCUT2D eigenvalue weighted by Gasteiger charge is -2.25. The van der Waals surface area contributed by atoms with E-state index in [2.05, 4.69) is 10.6 Å². The van der Waals surface area contributed by atoms with Crippen molar-refractivity contribution in [3.63, 3.8) is 0 Å². The minimum absolute atomic E-state index is 0.406. The summed E-state index contributed by atoms with van der Waals surface area (Å²) in [7, 11) is 0. The van der Waals surface area contributed by atoms with Crippen molar-refractivity contribution in [3.8, 4) is 0 Å². The van der Waals surface area contributed by atoms with Gasteiger partial charge in [0, 0.05) is 10.7 Å². The monoisotopic (exact) mass is 366 g/mol. The summed E-state index contributed by atoms with van der Waals surface area (Å²) in [5.41, 5.74) is 2.16. The molecule has 0 radical (unpaired) electrons. The van der Waals surface area contributed by atoms with E-state index in [1.807, 2.05) is 60.7 Å². The van der Waals surface area contributed by atoms with Gasteiger partial charge in [-0.3, -0.25) is 0 Å². The first kappa shape index (κ1) is 18.0. The van der Waals surface area contributed by atoms with E-state index in [1.54, 1.807) is 24.3 Å². The summed E-state index contributed by atoms with van der Waals surface area (Å²) in [5, 5.41) is 17.0. The zero-order valence-electron chi connectivity index (χ0n) is 14.0. The smallest absolute Gasteiger partial charge is 0.319 e. The predicted octanol–water partition coefficient (Wildman–Crippen LogP) is 4.94. The minimum Gasteiger partial charge on any atom is -0.386 e. The number of urea groups is 1. The fraction of sp³-hybridized carbons (Fsp3) is 0.0952. The standard InChI is InChI=1S/C21H19ClN2O2/c22-17-11-13-18(14-12-17)23-21(26)24-19(15-7-3-1-4-8-15)20(25)16-9-5-2-6-10-16/h1-14,19-20,25H,(H2,23,24,26)/t19-,20+/m0/s1. The summed E-state index contributed by atoms with van der Waals surface area (Å²) in [5.74, 6) is 0. The summed E-state index contributed by atoms with van der Waals surface area (Å²) >= 11 is 5.86. The van der Waals surface area contributed by atoms with E-state index in [9.17, 15) is 9.90 Å². The summed E-state index contributed by atoms with van der Waals surface area (Å²) in [4.78, 5) is 12.5. The lowest BCUT2D eigenvalue weighted by atomic mass is 9.96. The largest absolute Gasteiger partial charge is 0.386 e. The van der Waals surface area contributed by atoms with Crippen LogP contribution in [0.1, 0.15) is 23.3 Å². The van der Waals surface area contributed by atoms with E-state index in [4.69, 9.17) is 11.6 Å². The number of anilines is 1. The van der Waals surface area contributed by atoms with Gasteiger partial charge in [0.15, 0.2) is 0 Å². The summed E-state index contributed by atoms with van der Waals surface area (Å²) in [6.45, 7) is 0. The van der Waals surface area contributed by atoms with E-state index < -0.39 is 18.2 Å². The van der Waals surface area contributed by atoms with Crippen molar-refractivity contribution in [1.29, 1.82) is 0 Å². The number of carbonyl (C=O) groups is 1. The van der Waals surface area contributed by atoms with Crippen molar-refractivity contribution in [2.45, 2.75) is 12.1 Å². The van der Waals surface area contributed by atoms with Crippen molar-refractivity contribution in [3.05, 3.63) is 101 Å². The van der Waals surface area contributed by atoms with Crippen molar-refractivity contribution >= 4 is 23.3 Å². The van der Waals surface area contributed by atoms with Crippen molar-refractivity contribution < 1.29 is 9.90 Å². The molecule has 2 atom stereocenters. The molecular formula is C21H19ClN2O2. The molecule has 0 bridgehead atoms. The topological polar surface area (TPSA) is 61.4 Å². The average molecular weight is 367 g/mol. The molecule has 3 aromatic carbocycles. The van der Waals surface area contributed by atoms with E-state index in [0.717, 1.165) is 11.1 Å². The van der Waals surface area contributed by atoms with Gasteiger partial charge in [0.1, 0.15) is 6.10 Å². The zero-order chi connectivity index (χ0) is 18.4. The molecule has 0 spiro atoms. The molecule has 0 aliphatic carbocycles. The molecule has 2 amide bonds. The van der Waals surface area contributed by atoms with E-state index in [1.165, 1.54) is 0 Å². The van der Waals surface area contributed by atoms with E-state index in [0.29, 0.717) is 10.7 Å². The van der Waals surface area contributed by atoms with Crippen LogP contribution < -0.4 is 10.6 Å². The van der Waals surface area contributed by atoms with Crippen LogP contribution in [-0.2, 0) is 0 Å². The van der Waals surface area contributed by atoms with E-state index in [-0.39, 0.29) is 0 Å². The van der Waals surface area contributed by atoms with Gasteiger partial charge < -0.3 is 15.7 Å². The van der Waals surface area contributed by atoms with Crippen LogP contribution in [0.25, 0.3) is 0 Å². The van der Waals surface area contributed by atoms with Gasteiger partial charge in [-0.1, -0.05) is 72.3 Å². The highest BCUT2D eigenvalue weighted by Crippen LogP contribution is 2.28. The van der Waals surface area contributed by atoms with Gasteiger partial charge in [-0.25, -0.2) is 4.79 Å². The quantitative estimate of drug-likeness (QED) is 0.599. The Morgan fingerprint density at radius 1 is 0.808 bits per heavy atom. The van der Waals surface area contributed by atoms with E-state index >= 15 is 0 Å². The molecular weight excluding hydrogens is 348 g/mol. The third-order valence-electron chi connectivity index (χ3n) is 4.00. The molecule has 0 heterocycles. The third kappa shape index (κ3) is 4.63. The molecule has 3 N–H and O–H groups in total. The van der Waals surface area contributed by atoms with Crippen LogP contribution in [0.2, 0.25) is 5.02 Å². The molecule has 3 rings (SSSR count). The molecule has 5 heteroatoms. The lowest BCUT2D eigenvalue weighted by Crippen LogP contribution is -2.35. The molecule has 132 valence electrons. The van der Waals surface area contributed by atoms with Crippen LogP contribution in [0.5, 0.6) is 0 Å². The summed E-state index contributed by atoms with van der Waals surface area (Å²) in [6.07, 6.45) is -0.880. The van der Waals surface area contributed by atoms with Gasteiger partial charge in [-0.05, 0) is 35.4 Å². The number of carbonyl (C=O) groups excluding carboxylic acids is 1. The number of hydrogen-bond donors (Lipinski definition) is 3. The van der Waals surface area contributed by atoms with Crippen molar-refractivity contribution in [1.82, 2.24) is 5.32 Å². The van der Waals surface area contributed by atoms with Crippen LogP contribution in [0, 0.1) is 0 Å². The maximum absolute atomic E-state index is 12.5.